The highest BCUT2D eigenvalue weighted by Crippen LogP contribution is 2.43. The first-order valence-corrected chi connectivity index (χ1v) is 11.2. The number of aromatic nitrogens is 1. The zero-order chi connectivity index (χ0) is 25.2. The number of rotatable bonds is 6. The molecular weight excluding hydrogens is 486 g/mol. The molecule has 4 rings (SSSR count). The lowest BCUT2D eigenvalue weighted by molar-refractivity contribution is -0.137. The Bertz CT molecular complexity index is 1300. The van der Waals surface area contributed by atoms with Gasteiger partial charge in [0.1, 0.15) is 18.2 Å². The molecule has 35 heavy (non-hydrogen) atoms. The highest BCUT2D eigenvalue weighted by molar-refractivity contribution is 6.30. The second-order valence-corrected chi connectivity index (χ2v) is 8.60. The lowest BCUT2D eigenvalue weighted by atomic mass is 9.83. The highest BCUT2D eigenvalue weighted by atomic mass is 35.5. The number of aromatic carboxylic acids is 1. The van der Waals surface area contributed by atoms with Crippen molar-refractivity contribution in [3.8, 4) is 5.75 Å². The minimum Gasteiger partial charge on any atom is -0.488 e. The predicted molar refractivity (Wildman–Crippen MR) is 124 cm³/mol. The highest BCUT2D eigenvalue weighted by Gasteiger charge is 2.32. The summed E-state index contributed by atoms with van der Waals surface area (Å²) in [5.74, 6) is -1.56. The Balaban J connectivity index is 1.81. The van der Waals surface area contributed by atoms with Crippen LogP contribution in [0.15, 0.2) is 54.9 Å². The van der Waals surface area contributed by atoms with Gasteiger partial charge in [-0.1, -0.05) is 17.7 Å². The fraction of sp³-hybridized carbons (Fsp3) is 0.231. The molecule has 1 aliphatic rings. The van der Waals surface area contributed by atoms with Crippen molar-refractivity contribution in [1.82, 2.24) is 4.98 Å². The molecular formula is C26H20ClF4NO3. The molecule has 0 saturated heterocycles. The van der Waals surface area contributed by atoms with E-state index >= 15 is 0 Å². The zero-order valence-electron chi connectivity index (χ0n) is 18.3. The molecule has 182 valence electrons. The van der Waals surface area contributed by atoms with Crippen LogP contribution in [0.4, 0.5) is 17.6 Å². The van der Waals surface area contributed by atoms with Crippen molar-refractivity contribution in [3.63, 3.8) is 0 Å². The number of carboxylic acids is 1. The number of allylic oxidation sites excluding steroid dienone is 2. The summed E-state index contributed by atoms with van der Waals surface area (Å²) in [6.07, 6.45) is 0.698. The number of halogens is 5. The maximum Gasteiger partial charge on any atom is 0.416 e. The van der Waals surface area contributed by atoms with Crippen molar-refractivity contribution in [2.75, 3.05) is 0 Å². The summed E-state index contributed by atoms with van der Waals surface area (Å²) >= 11 is 5.79. The van der Waals surface area contributed by atoms with E-state index in [4.69, 9.17) is 16.3 Å². The van der Waals surface area contributed by atoms with Gasteiger partial charge < -0.3 is 9.84 Å². The van der Waals surface area contributed by atoms with Gasteiger partial charge in [-0.2, -0.15) is 13.2 Å². The van der Waals surface area contributed by atoms with Gasteiger partial charge in [-0.3, -0.25) is 4.98 Å². The molecule has 4 nitrogen and oxygen atoms in total. The van der Waals surface area contributed by atoms with Crippen molar-refractivity contribution in [2.45, 2.75) is 38.5 Å². The quantitative estimate of drug-likeness (QED) is 0.349. The van der Waals surface area contributed by atoms with E-state index in [0.29, 0.717) is 29.6 Å². The molecule has 1 aromatic heterocycles. The van der Waals surface area contributed by atoms with E-state index < -0.39 is 23.5 Å². The Hall–Kier alpha value is -3.39. The van der Waals surface area contributed by atoms with E-state index in [1.165, 1.54) is 36.7 Å². The SMILES string of the molecule is O=C(O)c1cncc(C2=C(c3cc(C(F)(F)F)ccc3OCc3ccc(Cl)cc3F)CCCC2)c1. The number of alkyl halides is 3. The number of benzene rings is 2. The van der Waals surface area contributed by atoms with Gasteiger partial charge in [-0.25, -0.2) is 9.18 Å². The molecule has 0 saturated carbocycles. The van der Waals surface area contributed by atoms with Crippen LogP contribution in [0.1, 0.15) is 58.3 Å². The zero-order valence-corrected chi connectivity index (χ0v) is 19.1. The maximum absolute atomic E-state index is 14.2. The second kappa shape index (κ2) is 10.1. The molecule has 9 heteroatoms. The minimum absolute atomic E-state index is 0.0151. The lowest BCUT2D eigenvalue weighted by Crippen LogP contribution is -2.09. The predicted octanol–water partition coefficient (Wildman–Crippen LogP) is 7.65. The molecule has 1 aliphatic carbocycles. The Morgan fingerprint density at radius 1 is 1.03 bits per heavy atom. The summed E-state index contributed by atoms with van der Waals surface area (Å²) in [6, 6.07) is 8.74. The number of pyridine rings is 1. The summed E-state index contributed by atoms with van der Waals surface area (Å²) in [5, 5.41) is 9.56. The fourth-order valence-electron chi connectivity index (χ4n) is 4.11. The summed E-state index contributed by atoms with van der Waals surface area (Å²) in [7, 11) is 0. The van der Waals surface area contributed by atoms with Crippen LogP contribution in [0.25, 0.3) is 11.1 Å². The molecule has 0 radical (unpaired) electrons. The Labute approximate surface area is 203 Å². The van der Waals surface area contributed by atoms with Crippen LogP contribution >= 0.6 is 11.6 Å². The Morgan fingerprint density at radius 3 is 2.46 bits per heavy atom. The number of carboxylic acid groups (broad SMARTS) is 1. The molecule has 0 fully saturated rings. The molecule has 0 atom stereocenters. The molecule has 1 heterocycles. The molecule has 0 unspecified atom stereocenters. The standard InChI is InChI=1S/C26H20ClF4NO3/c27-19-7-5-15(23(28)11-19)14-35-24-8-6-18(26(29,30)31)10-22(24)21-4-2-1-3-20(21)16-9-17(25(33)34)13-32-12-16/h5-13H,1-4,14H2,(H,33,34). The van der Waals surface area contributed by atoms with Crippen molar-refractivity contribution in [2.24, 2.45) is 0 Å². The normalized spacial score (nSPS) is 14.2. The van der Waals surface area contributed by atoms with E-state index in [1.54, 1.807) is 0 Å². The lowest BCUT2D eigenvalue weighted by Gasteiger charge is -2.24. The largest absolute Gasteiger partial charge is 0.488 e. The first-order chi connectivity index (χ1) is 16.6. The van der Waals surface area contributed by atoms with Crippen LogP contribution in [0.2, 0.25) is 5.02 Å². The van der Waals surface area contributed by atoms with Crippen molar-refractivity contribution >= 4 is 28.7 Å². The molecule has 0 amide bonds. The van der Waals surface area contributed by atoms with Gasteiger partial charge in [0.15, 0.2) is 0 Å². The van der Waals surface area contributed by atoms with E-state index in [0.717, 1.165) is 31.0 Å². The van der Waals surface area contributed by atoms with Gasteiger partial charge in [0.2, 0.25) is 0 Å². The number of ether oxygens (including phenoxy) is 1. The Morgan fingerprint density at radius 2 is 1.77 bits per heavy atom. The molecule has 1 N–H and O–H groups in total. The fourth-order valence-corrected chi connectivity index (χ4v) is 4.26. The number of nitrogens with zero attached hydrogens (tertiary/aromatic N) is 1. The van der Waals surface area contributed by atoms with Crippen LogP contribution in [0, 0.1) is 5.82 Å². The van der Waals surface area contributed by atoms with Crippen LogP contribution in [-0.4, -0.2) is 16.1 Å². The molecule has 0 spiro atoms. The molecule has 0 aliphatic heterocycles. The third-order valence-corrected chi connectivity index (χ3v) is 6.07. The topological polar surface area (TPSA) is 59.4 Å². The number of hydrogen-bond acceptors (Lipinski definition) is 3. The van der Waals surface area contributed by atoms with Gasteiger partial charge in [0, 0.05) is 28.5 Å². The second-order valence-electron chi connectivity index (χ2n) is 8.16. The van der Waals surface area contributed by atoms with Crippen LogP contribution in [-0.2, 0) is 12.8 Å². The average molecular weight is 506 g/mol. The third-order valence-electron chi connectivity index (χ3n) is 5.83. The summed E-state index contributed by atoms with van der Waals surface area (Å²) < 4.78 is 60.8. The maximum atomic E-state index is 14.2. The summed E-state index contributed by atoms with van der Waals surface area (Å²) in [5.41, 5.74) is 1.46. The van der Waals surface area contributed by atoms with Gasteiger partial charge in [-0.05, 0) is 78.8 Å². The first kappa shape index (κ1) is 24.7. The Kier molecular flexibility index (Phi) is 7.12. The van der Waals surface area contributed by atoms with Crippen LogP contribution in [0.3, 0.4) is 0 Å². The molecule has 2 aromatic carbocycles. The number of carbonyl (C=O) groups is 1. The van der Waals surface area contributed by atoms with Crippen molar-refractivity contribution in [3.05, 3.63) is 93.5 Å². The summed E-state index contributed by atoms with van der Waals surface area (Å²) in [4.78, 5) is 15.4. The minimum atomic E-state index is -4.57. The van der Waals surface area contributed by atoms with Gasteiger partial charge in [-0.15, -0.1) is 0 Å². The first-order valence-electron chi connectivity index (χ1n) is 10.8. The summed E-state index contributed by atoms with van der Waals surface area (Å²) in [6.45, 7) is -0.208. The van der Waals surface area contributed by atoms with Crippen LogP contribution < -0.4 is 4.74 Å². The van der Waals surface area contributed by atoms with E-state index in [1.807, 2.05) is 0 Å². The van der Waals surface area contributed by atoms with Gasteiger partial charge in [0.05, 0.1) is 11.1 Å². The number of hydrogen-bond donors (Lipinski definition) is 1. The van der Waals surface area contributed by atoms with Gasteiger partial charge in [0.25, 0.3) is 0 Å². The van der Waals surface area contributed by atoms with E-state index in [2.05, 4.69) is 4.98 Å². The van der Waals surface area contributed by atoms with E-state index in [-0.39, 0.29) is 34.1 Å². The third kappa shape index (κ3) is 5.65. The van der Waals surface area contributed by atoms with Gasteiger partial charge >= 0.3 is 12.1 Å². The van der Waals surface area contributed by atoms with Crippen LogP contribution in [0.5, 0.6) is 5.75 Å². The molecule has 0 bridgehead atoms. The van der Waals surface area contributed by atoms with E-state index in [9.17, 15) is 27.5 Å². The average Bonchev–Trinajstić information content (AvgIpc) is 2.83. The smallest absolute Gasteiger partial charge is 0.416 e. The monoisotopic (exact) mass is 505 g/mol. The van der Waals surface area contributed by atoms with Crippen molar-refractivity contribution < 1.29 is 32.2 Å². The molecule has 3 aromatic rings. The van der Waals surface area contributed by atoms with Crippen molar-refractivity contribution in [1.29, 1.82) is 0 Å².